The van der Waals surface area contributed by atoms with E-state index in [0.29, 0.717) is 36.0 Å². The van der Waals surface area contributed by atoms with Crippen molar-refractivity contribution in [1.82, 2.24) is 5.32 Å². The molecule has 2 rings (SSSR count). The van der Waals surface area contributed by atoms with Crippen LogP contribution in [0.25, 0.3) is 0 Å². The third-order valence-electron chi connectivity index (χ3n) is 3.61. The van der Waals surface area contributed by atoms with Gasteiger partial charge in [-0.05, 0) is 36.8 Å². The van der Waals surface area contributed by atoms with Gasteiger partial charge < -0.3 is 24.8 Å². The van der Waals surface area contributed by atoms with Crippen molar-refractivity contribution in [3.05, 3.63) is 47.8 Å². The van der Waals surface area contributed by atoms with Crippen LogP contribution in [0, 0.1) is 5.82 Å². The van der Waals surface area contributed by atoms with Gasteiger partial charge in [-0.1, -0.05) is 6.07 Å². The zero-order valence-corrected chi connectivity index (χ0v) is 15.1. The topological polar surface area (TPSA) is 68.8 Å². The third-order valence-corrected chi connectivity index (χ3v) is 3.61. The predicted octanol–water partition coefficient (Wildman–Crippen LogP) is 2.97. The van der Waals surface area contributed by atoms with E-state index in [-0.39, 0.29) is 18.3 Å². The van der Waals surface area contributed by atoms with Gasteiger partial charge in [-0.3, -0.25) is 4.79 Å². The van der Waals surface area contributed by atoms with Gasteiger partial charge in [0.15, 0.2) is 18.1 Å². The summed E-state index contributed by atoms with van der Waals surface area (Å²) in [4.78, 5) is 11.5. The standard InChI is InChI=1S/C19H23FN2O4/c1-4-21-19(23)12-26-16-8-5-13(9-18(16)25-3)11-22-15-7-6-14(20)10-17(15)24-2/h5-10,22H,4,11-12H2,1-3H3,(H,21,23). The van der Waals surface area contributed by atoms with E-state index in [9.17, 15) is 9.18 Å². The van der Waals surface area contributed by atoms with Crippen LogP contribution in [0.5, 0.6) is 17.2 Å². The summed E-state index contributed by atoms with van der Waals surface area (Å²) < 4.78 is 29.2. The Morgan fingerprint density at radius 3 is 2.50 bits per heavy atom. The summed E-state index contributed by atoms with van der Waals surface area (Å²) in [7, 11) is 3.03. The maximum absolute atomic E-state index is 13.3. The maximum Gasteiger partial charge on any atom is 0.257 e. The number of carbonyl (C=O) groups excluding carboxylic acids is 1. The van der Waals surface area contributed by atoms with Crippen LogP contribution in [0.2, 0.25) is 0 Å². The number of amides is 1. The summed E-state index contributed by atoms with van der Waals surface area (Å²) in [5.41, 5.74) is 1.61. The minimum absolute atomic E-state index is 0.0748. The summed E-state index contributed by atoms with van der Waals surface area (Å²) in [6.07, 6.45) is 0. The fraction of sp³-hybridized carbons (Fsp3) is 0.316. The fourth-order valence-electron chi connectivity index (χ4n) is 2.34. The largest absolute Gasteiger partial charge is 0.494 e. The molecule has 6 nitrogen and oxygen atoms in total. The average molecular weight is 362 g/mol. The van der Waals surface area contributed by atoms with Crippen LogP contribution in [0.4, 0.5) is 10.1 Å². The highest BCUT2D eigenvalue weighted by molar-refractivity contribution is 5.77. The Labute approximate surface area is 152 Å². The smallest absolute Gasteiger partial charge is 0.257 e. The molecule has 0 fully saturated rings. The fourth-order valence-corrected chi connectivity index (χ4v) is 2.34. The monoisotopic (exact) mass is 362 g/mol. The Hall–Kier alpha value is -2.96. The second-order valence-electron chi connectivity index (χ2n) is 5.43. The number of nitrogens with one attached hydrogen (secondary N) is 2. The van der Waals surface area contributed by atoms with E-state index in [4.69, 9.17) is 14.2 Å². The van der Waals surface area contributed by atoms with Gasteiger partial charge in [0.25, 0.3) is 5.91 Å². The highest BCUT2D eigenvalue weighted by atomic mass is 19.1. The zero-order valence-electron chi connectivity index (χ0n) is 15.1. The third kappa shape index (κ3) is 5.27. The molecule has 0 radical (unpaired) electrons. The molecule has 2 N–H and O–H groups in total. The van der Waals surface area contributed by atoms with Crippen LogP contribution in [0.3, 0.4) is 0 Å². The molecular formula is C19H23FN2O4. The van der Waals surface area contributed by atoms with E-state index in [1.54, 1.807) is 12.1 Å². The van der Waals surface area contributed by atoms with Gasteiger partial charge in [0, 0.05) is 19.2 Å². The second-order valence-corrected chi connectivity index (χ2v) is 5.43. The van der Waals surface area contributed by atoms with Gasteiger partial charge in [-0.2, -0.15) is 0 Å². The van der Waals surface area contributed by atoms with Gasteiger partial charge >= 0.3 is 0 Å². The van der Waals surface area contributed by atoms with Crippen molar-refractivity contribution in [2.24, 2.45) is 0 Å². The number of likely N-dealkylation sites (N-methyl/N-ethyl adjacent to an activating group) is 1. The predicted molar refractivity (Wildman–Crippen MR) is 97.5 cm³/mol. The first kappa shape index (κ1) is 19.4. The molecule has 140 valence electrons. The van der Waals surface area contributed by atoms with Crippen molar-refractivity contribution < 1.29 is 23.4 Å². The van der Waals surface area contributed by atoms with Crippen molar-refractivity contribution in [1.29, 1.82) is 0 Å². The van der Waals surface area contributed by atoms with E-state index in [1.807, 2.05) is 19.1 Å². The van der Waals surface area contributed by atoms with Crippen LogP contribution in [-0.2, 0) is 11.3 Å². The molecule has 7 heteroatoms. The molecule has 0 unspecified atom stereocenters. The van der Waals surface area contributed by atoms with E-state index >= 15 is 0 Å². The van der Waals surface area contributed by atoms with Crippen molar-refractivity contribution in [3.63, 3.8) is 0 Å². The Bertz CT molecular complexity index is 752. The van der Waals surface area contributed by atoms with Crippen molar-refractivity contribution in [3.8, 4) is 17.2 Å². The first-order valence-corrected chi connectivity index (χ1v) is 8.21. The molecule has 0 atom stereocenters. The summed E-state index contributed by atoms with van der Waals surface area (Å²) in [6, 6.07) is 9.73. The number of benzene rings is 2. The molecule has 0 aliphatic heterocycles. The molecule has 1 amide bonds. The minimum Gasteiger partial charge on any atom is -0.494 e. The lowest BCUT2D eigenvalue weighted by Gasteiger charge is -2.14. The molecule has 0 aliphatic rings. The molecule has 0 bridgehead atoms. The second kappa shape index (κ2) is 9.50. The average Bonchev–Trinajstić information content (AvgIpc) is 2.65. The Balaban J connectivity index is 2.03. The van der Waals surface area contributed by atoms with Crippen LogP contribution in [0.15, 0.2) is 36.4 Å². The highest BCUT2D eigenvalue weighted by Crippen LogP contribution is 2.29. The van der Waals surface area contributed by atoms with E-state index in [1.165, 1.54) is 26.4 Å². The SMILES string of the molecule is CCNC(=O)COc1ccc(CNc2ccc(F)cc2OC)cc1OC. The van der Waals surface area contributed by atoms with E-state index in [0.717, 1.165) is 5.56 Å². The van der Waals surface area contributed by atoms with Crippen LogP contribution in [0.1, 0.15) is 12.5 Å². The molecule has 0 aliphatic carbocycles. The quantitative estimate of drug-likeness (QED) is 0.718. The zero-order chi connectivity index (χ0) is 18.9. The molecule has 0 aromatic heterocycles. The summed E-state index contributed by atoms with van der Waals surface area (Å²) in [5, 5.41) is 5.86. The summed E-state index contributed by atoms with van der Waals surface area (Å²) in [5.74, 6) is 0.895. The van der Waals surface area contributed by atoms with Gasteiger partial charge in [0.05, 0.1) is 19.9 Å². The van der Waals surface area contributed by atoms with Crippen LogP contribution >= 0.6 is 0 Å². The number of halogens is 1. The van der Waals surface area contributed by atoms with Gasteiger partial charge in [-0.25, -0.2) is 4.39 Å². The number of rotatable bonds is 9. The number of hydrogen-bond donors (Lipinski definition) is 2. The lowest BCUT2D eigenvalue weighted by atomic mass is 10.2. The Morgan fingerprint density at radius 2 is 1.81 bits per heavy atom. The molecular weight excluding hydrogens is 339 g/mol. The summed E-state index contributed by atoms with van der Waals surface area (Å²) >= 11 is 0. The number of hydrogen-bond acceptors (Lipinski definition) is 5. The van der Waals surface area contributed by atoms with E-state index < -0.39 is 0 Å². The number of ether oxygens (including phenoxy) is 3. The molecule has 0 heterocycles. The summed E-state index contributed by atoms with van der Waals surface area (Å²) in [6.45, 7) is 2.80. The lowest BCUT2D eigenvalue weighted by molar-refractivity contribution is -0.123. The van der Waals surface area contributed by atoms with E-state index in [2.05, 4.69) is 10.6 Å². The maximum atomic E-state index is 13.3. The number of carbonyl (C=O) groups is 1. The van der Waals surface area contributed by atoms with Crippen molar-refractivity contribution in [2.75, 3.05) is 32.7 Å². The molecule has 0 spiro atoms. The van der Waals surface area contributed by atoms with Gasteiger partial charge in [-0.15, -0.1) is 0 Å². The van der Waals surface area contributed by atoms with Crippen LogP contribution < -0.4 is 24.8 Å². The first-order chi connectivity index (χ1) is 12.6. The number of anilines is 1. The molecule has 2 aromatic rings. The molecule has 2 aromatic carbocycles. The van der Waals surface area contributed by atoms with Crippen LogP contribution in [-0.4, -0.2) is 33.3 Å². The Morgan fingerprint density at radius 1 is 1.04 bits per heavy atom. The van der Waals surface area contributed by atoms with Gasteiger partial charge in [0.2, 0.25) is 0 Å². The van der Waals surface area contributed by atoms with Crippen molar-refractivity contribution >= 4 is 11.6 Å². The van der Waals surface area contributed by atoms with Gasteiger partial charge in [0.1, 0.15) is 11.6 Å². The molecule has 0 saturated heterocycles. The first-order valence-electron chi connectivity index (χ1n) is 8.21. The highest BCUT2D eigenvalue weighted by Gasteiger charge is 2.09. The van der Waals surface area contributed by atoms with Crippen molar-refractivity contribution in [2.45, 2.75) is 13.5 Å². The Kier molecular flexibility index (Phi) is 7.08. The molecule has 26 heavy (non-hydrogen) atoms. The lowest BCUT2D eigenvalue weighted by Crippen LogP contribution is -2.28. The molecule has 0 saturated carbocycles. The minimum atomic E-state index is -0.359. The normalized spacial score (nSPS) is 10.2. The number of methoxy groups -OCH3 is 2.